The summed E-state index contributed by atoms with van der Waals surface area (Å²) in [6.45, 7) is 1.18. The maximum Gasteiger partial charge on any atom is 0.0844 e. The van der Waals surface area contributed by atoms with Crippen LogP contribution < -0.4 is 5.73 Å². The van der Waals surface area contributed by atoms with E-state index in [9.17, 15) is 0 Å². The summed E-state index contributed by atoms with van der Waals surface area (Å²) in [5.74, 6) is 0. The van der Waals surface area contributed by atoms with E-state index < -0.39 is 0 Å². The van der Waals surface area contributed by atoms with Crippen LogP contribution in [-0.4, -0.2) is 28.7 Å². The van der Waals surface area contributed by atoms with Gasteiger partial charge in [-0.05, 0) is 45.7 Å². The molecule has 0 amide bonds. The number of nitrogens with zero attached hydrogens (tertiary/aromatic N) is 2. The Morgan fingerprint density at radius 2 is 2.25 bits per heavy atom. The summed E-state index contributed by atoms with van der Waals surface area (Å²) in [5.41, 5.74) is 10.1. The van der Waals surface area contributed by atoms with Crippen LogP contribution in [-0.2, 0) is 6.42 Å². The minimum Gasteiger partial charge on any atom is -0.324 e. The summed E-state index contributed by atoms with van der Waals surface area (Å²) in [6, 6.07) is 0.690. The Morgan fingerprint density at radius 3 is 3.00 bits per heavy atom. The summed E-state index contributed by atoms with van der Waals surface area (Å²) < 4.78 is 0. The molecule has 0 unspecified atom stereocenters. The molecule has 3 rings (SSSR count). The molecule has 1 aliphatic carbocycles. The van der Waals surface area contributed by atoms with Gasteiger partial charge in [-0.25, -0.2) is 0 Å². The van der Waals surface area contributed by atoms with Crippen LogP contribution in [0, 0.1) is 0 Å². The van der Waals surface area contributed by atoms with Crippen LogP contribution in [0.4, 0.5) is 0 Å². The van der Waals surface area contributed by atoms with E-state index in [1.165, 1.54) is 42.8 Å². The molecule has 0 aromatic carbocycles. The minimum absolute atomic E-state index is 0.200. The summed E-state index contributed by atoms with van der Waals surface area (Å²) in [6.07, 6.45) is 5.91. The second-order valence-electron chi connectivity index (χ2n) is 5.14. The number of nitrogens with one attached hydrogen (secondary N) is 1. The normalized spacial score (nSPS) is 30.6. The van der Waals surface area contributed by atoms with Gasteiger partial charge in [-0.15, -0.1) is 0 Å². The van der Waals surface area contributed by atoms with Gasteiger partial charge >= 0.3 is 0 Å². The molecule has 4 nitrogen and oxygen atoms in total. The number of nitrogens with two attached hydrogens (primary N) is 1. The average molecular weight is 220 g/mol. The SMILES string of the molecule is CN1CCC[C@@H]1c1n[nH]c2c1[C@H](N)CCC2. The highest BCUT2D eigenvalue weighted by molar-refractivity contribution is 5.33. The van der Waals surface area contributed by atoms with Crippen molar-refractivity contribution in [3.8, 4) is 0 Å². The zero-order chi connectivity index (χ0) is 11.1. The van der Waals surface area contributed by atoms with Gasteiger partial charge in [0.05, 0.1) is 11.7 Å². The van der Waals surface area contributed by atoms with Crippen molar-refractivity contribution < 1.29 is 0 Å². The van der Waals surface area contributed by atoms with Crippen molar-refractivity contribution in [3.05, 3.63) is 17.0 Å². The third-order valence-corrected chi connectivity index (χ3v) is 4.06. The molecule has 2 atom stereocenters. The molecule has 1 aliphatic heterocycles. The number of H-pyrrole nitrogens is 1. The molecule has 1 fully saturated rings. The van der Waals surface area contributed by atoms with Gasteiger partial charge in [0.2, 0.25) is 0 Å². The quantitative estimate of drug-likeness (QED) is 0.754. The lowest BCUT2D eigenvalue weighted by molar-refractivity contribution is 0.309. The highest BCUT2D eigenvalue weighted by Gasteiger charge is 2.31. The Labute approximate surface area is 96.2 Å². The van der Waals surface area contributed by atoms with Gasteiger partial charge < -0.3 is 5.73 Å². The number of fused-ring (bicyclic) bond motifs is 1. The van der Waals surface area contributed by atoms with E-state index in [1.54, 1.807) is 0 Å². The molecule has 88 valence electrons. The molecule has 1 saturated heterocycles. The Kier molecular flexibility index (Phi) is 2.48. The lowest BCUT2D eigenvalue weighted by Gasteiger charge is -2.23. The zero-order valence-corrected chi connectivity index (χ0v) is 9.87. The maximum atomic E-state index is 6.23. The first-order chi connectivity index (χ1) is 7.77. The molecule has 16 heavy (non-hydrogen) atoms. The van der Waals surface area contributed by atoms with Crippen molar-refractivity contribution in [2.45, 2.75) is 44.2 Å². The Hall–Kier alpha value is -0.870. The predicted octanol–water partition coefficient (Wildman–Crippen LogP) is 1.51. The minimum atomic E-state index is 0.200. The first kappa shape index (κ1) is 10.3. The van der Waals surface area contributed by atoms with E-state index in [1.807, 2.05) is 0 Å². The standard InChI is InChI=1S/C12H20N4/c1-16-7-3-6-10(16)12-11-8(13)4-2-5-9(11)14-15-12/h8,10H,2-7,13H2,1H3,(H,14,15)/t8-,10-/m1/s1. The Bertz CT molecular complexity index is 384. The van der Waals surface area contributed by atoms with E-state index in [0.717, 1.165) is 12.8 Å². The third kappa shape index (κ3) is 1.48. The fraction of sp³-hybridized carbons (Fsp3) is 0.750. The van der Waals surface area contributed by atoms with Crippen LogP contribution in [0.3, 0.4) is 0 Å². The van der Waals surface area contributed by atoms with Crippen LogP contribution in [0.25, 0.3) is 0 Å². The maximum absolute atomic E-state index is 6.23. The molecule has 0 saturated carbocycles. The van der Waals surface area contributed by atoms with Crippen molar-refractivity contribution >= 4 is 0 Å². The number of aromatic amines is 1. The molecular weight excluding hydrogens is 200 g/mol. The van der Waals surface area contributed by atoms with Gasteiger partial charge in [-0.3, -0.25) is 10.00 Å². The Morgan fingerprint density at radius 1 is 1.38 bits per heavy atom. The number of likely N-dealkylation sites (tertiary alicyclic amines) is 1. The fourth-order valence-electron chi connectivity index (χ4n) is 3.16. The van der Waals surface area contributed by atoms with Crippen LogP contribution in [0.1, 0.15) is 54.7 Å². The van der Waals surface area contributed by atoms with Gasteiger partial charge in [0.1, 0.15) is 0 Å². The largest absolute Gasteiger partial charge is 0.324 e. The van der Waals surface area contributed by atoms with E-state index >= 15 is 0 Å². The molecule has 0 radical (unpaired) electrons. The highest BCUT2D eigenvalue weighted by Crippen LogP contribution is 2.37. The van der Waals surface area contributed by atoms with Gasteiger partial charge in [0, 0.05) is 17.3 Å². The Balaban J connectivity index is 1.98. The molecule has 4 heteroatoms. The van der Waals surface area contributed by atoms with Crippen molar-refractivity contribution in [2.24, 2.45) is 5.73 Å². The number of aryl methyl sites for hydroxylation is 1. The van der Waals surface area contributed by atoms with Crippen LogP contribution in [0.15, 0.2) is 0 Å². The summed E-state index contributed by atoms with van der Waals surface area (Å²) in [5, 5.41) is 7.73. The molecular formula is C12H20N4. The van der Waals surface area contributed by atoms with E-state index in [0.29, 0.717) is 6.04 Å². The molecule has 0 bridgehead atoms. The fourth-order valence-corrected chi connectivity index (χ4v) is 3.16. The van der Waals surface area contributed by atoms with Crippen molar-refractivity contribution in [2.75, 3.05) is 13.6 Å². The number of hydrogen-bond donors (Lipinski definition) is 2. The number of aromatic nitrogens is 2. The molecule has 2 aliphatic rings. The van der Waals surface area contributed by atoms with Gasteiger partial charge in [0.15, 0.2) is 0 Å². The monoisotopic (exact) mass is 220 g/mol. The van der Waals surface area contributed by atoms with E-state index in [-0.39, 0.29) is 6.04 Å². The third-order valence-electron chi connectivity index (χ3n) is 4.06. The van der Waals surface area contributed by atoms with E-state index in [2.05, 4.69) is 22.1 Å². The summed E-state index contributed by atoms with van der Waals surface area (Å²) in [4.78, 5) is 2.40. The molecule has 3 N–H and O–H groups in total. The lowest BCUT2D eigenvalue weighted by Crippen LogP contribution is -2.23. The molecule has 1 aromatic rings. The van der Waals surface area contributed by atoms with Crippen LogP contribution >= 0.6 is 0 Å². The first-order valence-electron chi connectivity index (χ1n) is 6.30. The topological polar surface area (TPSA) is 57.9 Å². The molecule has 0 spiro atoms. The molecule has 1 aromatic heterocycles. The van der Waals surface area contributed by atoms with Crippen molar-refractivity contribution in [1.82, 2.24) is 15.1 Å². The van der Waals surface area contributed by atoms with E-state index in [4.69, 9.17) is 5.73 Å². The number of hydrogen-bond acceptors (Lipinski definition) is 3. The van der Waals surface area contributed by atoms with Gasteiger partial charge in [-0.2, -0.15) is 5.10 Å². The second kappa shape index (κ2) is 3.86. The lowest BCUT2D eigenvalue weighted by atomic mass is 9.89. The van der Waals surface area contributed by atoms with Crippen LogP contribution in [0.5, 0.6) is 0 Å². The summed E-state index contributed by atoms with van der Waals surface area (Å²) in [7, 11) is 2.19. The first-order valence-corrected chi connectivity index (χ1v) is 6.30. The number of rotatable bonds is 1. The van der Waals surface area contributed by atoms with Crippen molar-refractivity contribution in [1.29, 1.82) is 0 Å². The average Bonchev–Trinajstić information content (AvgIpc) is 2.84. The smallest absolute Gasteiger partial charge is 0.0844 e. The van der Waals surface area contributed by atoms with Gasteiger partial charge in [-0.1, -0.05) is 0 Å². The summed E-state index contributed by atoms with van der Waals surface area (Å²) >= 11 is 0. The van der Waals surface area contributed by atoms with Gasteiger partial charge in [0.25, 0.3) is 0 Å². The highest BCUT2D eigenvalue weighted by atomic mass is 15.2. The predicted molar refractivity (Wildman–Crippen MR) is 63.1 cm³/mol. The van der Waals surface area contributed by atoms with Crippen LogP contribution in [0.2, 0.25) is 0 Å². The van der Waals surface area contributed by atoms with Crippen molar-refractivity contribution in [3.63, 3.8) is 0 Å². The molecule has 2 heterocycles. The zero-order valence-electron chi connectivity index (χ0n) is 9.87. The second-order valence-corrected chi connectivity index (χ2v) is 5.14.